The van der Waals surface area contributed by atoms with E-state index in [9.17, 15) is 14.4 Å². The summed E-state index contributed by atoms with van der Waals surface area (Å²) < 4.78 is 11.1. The SMILES string of the molecule is O=C(COc1ccc(Cl)cc1Cl)OCCCN1C(=O)c2ccc(Br)cc2C1=O. The molecule has 3 rings (SSSR count). The van der Waals surface area contributed by atoms with E-state index in [1.54, 1.807) is 30.3 Å². The third-order valence-electron chi connectivity index (χ3n) is 3.96. The summed E-state index contributed by atoms with van der Waals surface area (Å²) in [5.74, 6) is -0.967. The smallest absolute Gasteiger partial charge is 0.344 e. The molecular formula is C19H14BrCl2NO5. The fraction of sp³-hybridized carbons (Fsp3) is 0.211. The molecule has 0 aromatic heterocycles. The molecule has 0 bridgehead atoms. The van der Waals surface area contributed by atoms with Crippen molar-refractivity contribution in [2.75, 3.05) is 19.8 Å². The van der Waals surface area contributed by atoms with Gasteiger partial charge in [0, 0.05) is 16.0 Å². The van der Waals surface area contributed by atoms with Crippen LogP contribution in [0.15, 0.2) is 40.9 Å². The van der Waals surface area contributed by atoms with Gasteiger partial charge >= 0.3 is 5.97 Å². The van der Waals surface area contributed by atoms with Crippen molar-refractivity contribution in [1.29, 1.82) is 0 Å². The third kappa shape index (κ3) is 4.66. The van der Waals surface area contributed by atoms with Gasteiger partial charge in [0.05, 0.1) is 22.8 Å². The van der Waals surface area contributed by atoms with Gasteiger partial charge in [-0.05, 0) is 42.8 Å². The third-order valence-corrected chi connectivity index (χ3v) is 4.99. The first-order valence-corrected chi connectivity index (χ1v) is 9.81. The van der Waals surface area contributed by atoms with Gasteiger partial charge in [-0.2, -0.15) is 0 Å². The van der Waals surface area contributed by atoms with Crippen LogP contribution in [0, 0.1) is 0 Å². The number of benzene rings is 2. The zero-order chi connectivity index (χ0) is 20.3. The first kappa shape index (κ1) is 20.6. The van der Waals surface area contributed by atoms with E-state index in [2.05, 4.69) is 15.9 Å². The number of hydrogen-bond acceptors (Lipinski definition) is 5. The van der Waals surface area contributed by atoms with Gasteiger partial charge in [0.25, 0.3) is 11.8 Å². The zero-order valence-corrected chi connectivity index (χ0v) is 17.5. The maximum atomic E-state index is 12.3. The van der Waals surface area contributed by atoms with E-state index in [1.165, 1.54) is 6.07 Å². The molecule has 2 aromatic rings. The van der Waals surface area contributed by atoms with Gasteiger partial charge in [0.2, 0.25) is 0 Å². The lowest BCUT2D eigenvalue weighted by Gasteiger charge is -2.13. The van der Waals surface area contributed by atoms with Gasteiger partial charge in [-0.1, -0.05) is 39.1 Å². The summed E-state index contributed by atoms with van der Waals surface area (Å²) in [4.78, 5) is 37.6. The fourth-order valence-electron chi connectivity index (χ4n) is 2.65. The second-order valence-electron chi connectivity index (χ2n) is 5.89. The number of amides is 2. The Labute approximate surface area is 179 Å². The first-order chi connectivity index (χ1) is 13.4. The molecule has 146 valence electrons. The van der Waals surface area contributed by atoms with E-state index < -0.39 is 5.97 Å². The van der Waals surface area contributed by atoms with Gasteiger partial charge < -0.3 is 9.47 Å². The van der Waals surface area contributed by atoms with Gasteiger partial charge in [0.15, 0.2) is 6.61 Å². The molecule has 0 saturated carbocycles. The molecular weight excluding hydrogens is 473 g/mol. The Morgan fingerprint density at radius 1 is 1.04 bits per heavy atom. The van der Waals surface area contributed by atoms with Crippen LogP contribution in [-0.4, -0.2) is 42.4 Å². The molecule has 0 unspecified atom stereocenters. The van der Waals surface area contributed by atoms with Crippen LogP contribution in [0.2, 0.25) is 10.0 Å². The normalized spacial score (nSPS) is 12.9. The van der Waals surface area contributed by atoms with Gasteiger partial charge in [-0.25, -0.2) is 4.79 Å². The van der Waals surface area contributed by atoms with E-state index >= 15 is 0 Å². The van der Waals surface area contributed by atoms with Crippen LogP contribution in [0.25, 0.3) is 0 Å². The van der Waals surface area contributed by atoms with Crippen LogP contribution < -0.4 is 4.74 Å². The van der Waals surface area contributed by atoms with Crippen molar-refractivity contribution in [3.63, 3.8) is 0 Å². The minimum atomic E-state index is -0.586. The summed E-state index contributed by atoms with van der Waals surface area (Å²) in [6.07, 6.45) is 0.320. The van der Waals surface area contributed by atoms with Crippen molar-refractivity contribution in [1.82, 2.24) is 4.90 Å². The number of imide groups is 1. The molecule has 0 saturated heterocycles. The van der Waals surface area contributed by atoms with Crippen LogP contribution >= 0.6 is 39.1 Å². The molecule has 9 heteroatoms. The van der Waals surface area contributed by atoms with Crippen molar-refractivity contribution in [3.05, 3.63) is 62.0 Å². The summed E-state index contributed by atoms with van der Waals surface area (Å²) in [7, 11) is 0. The lowest BCUT2D eigenvalue weighted by Crippen LogP contribution is -2.31. The molecule has 0 aliphatic carbocycles. The van der Waals surface area contributed by atoms with Gasteiger partial charge in [-0.3, -0.25) is 14.5 Å². The second-order valence-corrected chi connectivity index (χ2v) is 7.65. The summed E-state index contributed by atoms with van der Waals surface area (Å²) in [6.45, 7) is -0.114. The van der Waals surface area contributed by atoms with Crippen molar-refractivity contribution in [2.24, 2.45) is 0 Å². The molecule has 0 spiro atoms. The Balaban J connectivity index is 1.43. The quantitative estimate of drug-likeness (QED) is 0.330. The molecule has 0 atom stereocenters. The predicted molar refractivity (Wildman–Crippen MR) is 107 cm³/mol. The Morgan fingerprint density at radius 2 is 1.79 bits per heavy atom. The lowest BCUT2D eigenvalue weighted by atomic mass is 10.1. The Bertz CT molecular complexity index is 950. The van der Waals surface area contributed by atoms with Crippen LogP contribution in [0.1, 0.15) is 27.1 Å². The molecule has 1 aliphatic rings. The number of carbonyl (C=O) groups is 3. The molecule has 1 aliphatic heterocycles. The summed E-state index contributed by atoms with van der Waals surface area (Å²) in [6, 6.07) is 9.59. The van der Waals surface area contributed by atoms with Crippen LogP contribution in [-0.2, 0) is 9.53 Å². The minimum Gasteiger partial charge on any atom is -0.480 e. The van der Waals surface area contributed by atoms with Crippen molar-refractivity contribution < 1.29 is 23.9 Å². The Kier molecular flexibility index (Phi) is 6.59. The van der Waals surface area contributed by atoms with E-state index in [1.807, 2.05) is 0 Å². The van der Waals surface area contributed by atoms with E-state index in [0.717, 1.165) is 9.37 Å². The molecule has 0 N–H and O–H groups in total. The number of carbonyl (C=O) groups excluding carboxylic acids is 3. The highest BCUT2D eigenvalue weighted by Crippen LogP contribution is 2.28. The van der Waals surface area contributed by atoms with E-state index in [4.69, 9.17) is 32.7 Å². The second kappa shape index (κ2) is 8.94. The standard InChI is InChI=1S/C19H14BrCl2NO5/c20-11-2-4-13-14(8-11)19(26)23(18(13)25)6-1-7-27-17(24)10-28-16-5-3-12(21)9-15(16)22/h2-5,8-9H,1,6-7,10H2. The average Bonchev–Trinajstić information content (AvgIpc) is 2.88. The summed E-state index contributed by atoms with van der Waals surface area (Å²) in [5.41, 5.74) is 0.739. The predicted octanol–water partition coefficient (Wildman–Crippen LogP) is 4.36. The molecule has 6 nitrogen and oxygen atoms in total. The average molecular weight is 487 g/mol. The van der Waals surface area contributed by atoms with E-state index in [0.29, 0.717) is 28.3 Å². The summed E-state index contributed by atoms with van der Waals surface area (Å²) >= 11 is 15.0. The topological polar surface area (TPSA) is 72.9 Å². The number of hydrogen-bond donors (Lipinski definition) is 0. The van der Waals surface area contributed by atoms with Gasteiger partial charge in [-0.15, -0.1) is 0 Å². The fourth-order valence-corrected chi connectivity index (χ4v) is 3.47. The number of ether oxygens (including phenoxy) is 2. The molecule has 0 radical (unpaired) electrons. The van der Waals surface area contributed by atoms with Crippen molar-refractivity contribution in [2.45, 2.75) is 6.42 Å². The molecule has 0 fully saturated rings. The van der Waals surface area contributed by atoms with Crippen LogP contribution in [0.5, 0.6) is 5.75 Å². The lowest BCUT2D eigenvalue weighted by molar-refractivity contribution is -0.146. The number of nitrogens with zero attached hydrogens (tertiary/aromatic N) is 1. The molecule has 28 heavy (non-hydrogen) atoms. The van der Waals surface area contributed by atoms with Gasteiger partial charge in [0.1, 0.15) is 5.75 Å². The Hall–Kier alpha value is -2.09. The van der Waals surface area contributed by atoms with Crippen LogP contribution in [0.4, 0.5) is 0 Å². The maximum absolute atomic E-state index is 12.3. The largest absolute Gasteiger partial charge is 0.480 e. The highest BCUT2D eigenvalue weighted by atomic mass is 79.9. The van der Waals surface area contributed by atoms with Crippen LogP contribution in [0.3, 0.4) is 0 Å². The number of halogens is 3. The minimum absolute atomic E-state index is 0.0492. The summed E-state index contributed by atoms with van der Waals surface area (Å²) in [5, 5.41) is 0.748. The molecule has 1 heterocycles. The number of esters is 1. The monoisotopic (exact) mass is 485 g/mol. The van der Waals surface area contributed by atoms with Crippen molar-refractivity contribution >= 4 is 56.9 Å². The zero-order valence-electron chi connectivity index (χ0n) is 14.4. The van der Waals surface area contributed by atoms with E-state index in [-0.39, 0.29) is 36.6 Å². The maximum Gasteiger partial charge on any atom is 0.344 e. The highest BCUT2D eigenvalue weighted by Gasteiger charge is 2.35. The number of fused-ring (bicyclic) bond motifs is 1. The number of rotatable bonds is 7. The highest BCUT2D eigenvalue weighted by molar-refractivity contribution is 9.10. The molecule has 2 aromatic carbocycles. The van der Waals surface area contributed by atoms with Crippen molar-refractivity contribution in [3.8, 4) is 5.75 Å². The first-order valence-electron chi connectivity index (χ1n) is 8.26. The Morgan fingerprint density at radius 3 is 2.54 bits per heavy atom. The molecule has 2 amide bonds.